The molecular weight excluding hydrogens is 164 g/mol. The number of benzene rings is 1. The Kier molecular flexibility index (Phi) is 0.537. The molecule has 0 saturated carbocycles. The monoisotopic (exact) mass is 184 g/mol. The molecular formula is C10H10N2O. The molecule has 1 aromatic heterocycles. The van der Waals surface area contributed by atoms with Gasteiger partial charge in [0.05, 0.1) is 19.6 Å². The molecule has 0 unspecified atom stereocenters. The maximum absolute atomic E-state index is 7.83. The molecule has 3 nitrogen and oxygen atoms in total. The minimum Gasteiger partial charge on any atom is -0.493 e. The van der Waals surface area contributed by atoms with Crippen LogP contribution in [0.25, 0.3) is 5.69 Å². The predicted octanol–water partition coefficient (Wildman–Crippen LogP) is 1.89. The van der Waals surface area contributed by atoms with Crippen LogP contribution in [0.5, 0.6) is 5.88 Å². The molecule has 13 heavy (non-hydrogen) atoms. The molecule has 1 heterocycles. The SMILES string of the molecule is [2H]Oc1c([2H])c(C([2H])([2H])[2H])nn1-c1c([2H])c([2H])c([2H])c([2H])c1[2H]. The standard InChI is InChI=1S/C10H10N2O/c1-8-7-10(13)12(11-8)9-5-3-2-4-6-9/h2-7,13H,1H3/i1D3,2D,3D,4D,5D,6D,7D/hD. The van der Waals surface area contributed by atoms with Crippen molar-refractivity contribution >= 4 is 0 Å². The summed E-state index contributed by atoms with van der Waals surface area (Å²) in [6.07, 6.45) is 0. The van der Waals surface area contributed by atoms with Crippen LogP contribution in [-0.4, -0.2) is 16.3 Å². The Bertz CT molecular complexity index is 752. The summed E-state index contributed by atoms with van der Waals surface area (Å²) < 4.78 is 75.6. The molecule has 0 bridgehead atoms. The van der Waals surface area contributed by atoms with Gasteiger partial charge in [0.25, 0.3) is 1.43 Å². The summed E-state index contributed by atoms with van der Waals surface area (Å²) in [5, 5.41) is 7.81. The second kappa shape index (κ2) is 2.94. The van der Waals surface area contributed by atoms with Gasteiger partial charge in [-0.3, -0.25) is 0 Å². The molecule has 0 spiro atoms. The Labute approximate surface area is 90.4 Å². The van der Waals surface area contributed by atoms with Gasteiger partial charge in [0, 0.05) is 10.2 Å². The number of aromatic nitrogens is 2. The van der Waals surface area contributed by atoms with Crippen molar-refractivity contribution < 1.29 is 17.4 Å². The van der Waals surface area contributed by atoms with Crippen LogP contribution in [-0.2, 0) is 0 Å². The second-order valence-corrected chi connectivity index (χ2v) is 2.16. The fourth-order valence-corrected chi connectivity index (χ4v) is 0.826. The van der Waals surface area contributed by atoms with Gasteiger partial charge in [-0.1, -0.05) is 18.1 Å². The van der Waals surface area contributed by atoms with E-state index in [9.17, 15) is 0 Å². The minimum atomic E-state index is -2.79. The molecule has 0 radical (unpaired) electrons. The lowest BCUT2D eigenvalue weighted by Gasteiger charge is -2.00. The summed E-state index contributed by atoms with van der Waals surface area (Å²) in [5.41, 5.74) is -1.20. The third kappa shape index (κ3) is 1.40. The van der Waals surface area contributed by atoms with Gasteiger partial charge in [0.1, 0.15) is 0 Å². The predicted molar refractivity (Wildman–Crippen MR) is 50.0 cm³/mol. The van der Waals surface area contributed by atoms with Crippen molar-refractivity contribution in [3.8, 4) is 11.6 Å². The number of rotatable bonds is 2. The molecule has 2 rings (SSSR count). The Morgan fingerprint density at radius 3 is 3.08 bits per heavy atom. The van der Waals surface area contributed by atoms with Crippen molar-refractivity contribution in [3.63, 3.8) is 0 Å². The number of hydrogen-bond acceptors (Lipinski definition) is 2. The number of aromatic hydroxyl groups is 1. The van der Waals surface area contributed by atoms with E-state index in [4.69, 9.17) is 13.8 Å². The van der Waals surface area contributed by atoms with E-state index in [-0.39, 0.29) is 0 Å². The average Bonchev–Trinajstić information content (AvgIpc) is 2.80. The van der Waals surface area contributed by atoms with Gasteiger partial charge in [-0.2, -0.15) is 5.10 Å². The van der Waals surface area contributed by atoms with Crippen molar-refractivity contribution in [3.05, 3.63) is 41.9 Å². The maximum atomic E-state index is 7.83. The van der Waals surface area contributed by atoms with E-state index < -0.39 is 60.4 Å². The van der Waals surface area contributed by atoms with E-state index in [1.807, 2.05) is 0 Å². The van der Waals surface area contributed by atoms with E-state index in [0.29, 0.717) is 4.68 Å². The van der Waals surface area contributed by atoms with E-state index >= 15 is 0 Å². The van der Waals surface area contributed by atoms with Crippen LogP contribution in [0.4, 0.5) is 0 Å². The first kappa shape index (κ1) is 2.38. The zero-order valence-corrected chi connectivity index (χ0v) is 6.30. The highest BCUT2D eigenvalue weighted by molar-refractivity contribution is 5.34. The largest absolute Gasteiger partial charge is 0.493 e. The summed E-state index contributed by atoms with van der Waals surface area (Å²) in [5.74, 6) is -0.658. The van der Waals surface area contributed by atoms with E-state index in [1.54, 1.807) is 0 Å². The first-order valence-electron chi connectivity index (χ1n) is 8.23. The first-order valence-corrected chi connectivity index (χ1v) is 3.32. The topological polar surface area (TPSA) is 38.1 Å². The third-order valence-corrected chi connectivity index (χ3v) is 1.32. The van der Waals surface area contributed by atoms with Crippen LogP contribution in [0.2, 0.25) is 0 Å². The number of para-hydroxylation sites is 1. The van der Waals surface area contributed by atoms with Crippen LogP contribution in [0.3, 0.4) is 0 Å². The van der Waals surface area contributed by atoms with Crippen LogP contribution >= 0.6 is 0 Å². The summed E-state index contributed by atoms with van der Waals surface area (Å²) in [6.45, 7) is -2.79. The first-order chi connectivity index (χ1) is 10.5. The van der Waals surface area contributed by atoms with Gasteiger partial charge in [-0.25, -0.2) is 4.68 Å². The zero-order valence-electron chi connectivity index (χ0n) is 16.3. The fraction of sp³-hybridized carbons (Fsp3) is 0.100. The second-order valence-electron chi connectivity index (χ2n) is 2.16. The Hall–Kier alpha value is -1.77. The lowest BCUT2D eigenvalue weighted by Crippen LogP contribution is -1.94. The lowest BCUT2D eigenvalue weighted by atomic mass is 10.3. The van der Waals surface area contributed by atoms with Crippen molar-refractivity contribution in [2.75, 3.05) is 0 Å². The summed E-state index contributed by atoms with van der Waals surface area (Å²) in [6, 6.07) is -3.98. The summed E-state index contributed by atoms with van der Waals surface area (Å²) in [4.78, 5) is 0. The Morgan fingerprint density at radius 1 is 1.54 bits per heavy atom. The van der Waals surface area contributed by atoms with Crippen molar-refractivity contribution in [1.82, 2.24) is 9.78 Å². The molecule has 0 saturated heterocycles. The molecule has 1 aromatic carbocycles. The van der Waals surface area contributed by atoms with Gasteiger partial charge in [-0.05, 0) is 18.9 Å². The van der Waals surface area contributed by atoms with E-state index in [1.165, 1.54) is 0 Å². The van der Waals surface area contributed by atoms with Crippen LogP contribution in [0.1, 0.15) is 18.0 Å². The van der Waals surface area contributed by atoms with Crippen LogP contribution < -0.4 is 0 Å². The Morgan fingerprint density at radius 2 is 2.38 bits per heavy atom. The van der Waals surface area contributed by atoms with Crippen molar-refractivity contribution in [2.45, 2.75) is 6.85 Å². The van der Waals surface area contributed by atoms with Gasteiger partial charge >= 0.3 is 0 Å². The van der Waals surface area contributed by atoms with Gasteiger partial charge in [0.2, 0.25) is 5.88 Å². The molecule has 1 N–H and O–H groups in total. The van der Waals surface area contributed by atoms with E-state index in [0.717, 1.165) is 0 Å². The zero-order chi connectivity index (χ0) is 17.7. The van der Waals surface area contributed by atoms with Crippen LogP contribution in [0.15, 0.2) is 36.3 Å². The molecule has 0 aliphatic rings. The molecule has 0 aliphatic heterocycles. The smallest absolute Gasteiger partial charge is 0.295 e. The highest BCUT2D eigenvalue weighted by Gasteiger charge is 2.03. The van der Waals surface area contributed by atoms with Gasteiger partial charge < -0.3 is 5.11 Å². The molecule has 2 aromatic rings. The molecule has 3 heteroatoms. The highest BCUT2D eigenvalue weighted by Crippen LogP contribution is 2.16. The van der Waals surface area contributed by atoms with E-state index in [2.05, 4.69) is 10.2 Å². The lowest BCUT2D eigenvalue weighted by molar-refractivity contribution is 0.433. The molecule has 0 aliphatic carbocycles. The molecule has 66 valence electrons. The number of aryl methyl sites for hydroxylation is 1. The number of nitrogens with zero attached hydrogens (tertiary/aromatic N) is 2. The minimum absolute atomic E-state index is 0.498. The third-order valence-electron chi connectivity index (χ3n) is 1.32. The van der Waals surface area contributed by atoms with Gasteiger partial charge in [-0.15, -0.1) is 0 Å². The summed E-state index contributed by atoms with van der Waals surface area (Å²) in [7, 11) is 0. The normalized spacial score (nSPS) is 21.8. The quantitative estimate of drug-likeness (QED) is 0.774. The molecule has 0 fully saturated rings. The molecule has 0 atom stereocenters. The molecule has 0 amide bonds. The van der Waals surface area contributed by atoms with Crippen molar-refractivity contribution in [2.24, 2.45) is 0 Å². The Balaban J connectivity index is 2.89. The number of hydrogen-bond donors (Lipinski definition) is 1. The maximum Gasteiger partial charge on any atom is 0.295 e. The van der Waals surface area contributed by atoms with Crippen LogP contribution in [0, 0.1) is 6.85 Å². The van der Waals surface area contributed by atoms with Gasteiger partial charge in [0.15, 0.2) is 0 Å². The highest BCUT2D eigenvalue weighted by atomic mass is 16.3. The average molecular weight is 184 g/mol. The van der Waals surface area contributed by atoms with Crippen molar-refractivity contribution in [1.29, 1.82) is 1.43 Å². The fourth-order valence-electron chi connectivity index (χ4n) is 0.826. The summed E-state index contributed by atoms with van der Waals surface area (Å²) >= 11 is 0.